The molecule has 0 saturated carbocycles. The van der Waals surface area contributed by atoms with E-state index in [0.717, 1.165) is 5.56 Å². The molecule has 186 valence electrons. The first-order valence-electron chi connectivity index (χ1n) is 12.0. The zero-order valence-corrected chi connectivity index (χ0v) is 21.6. The number of carbonyl (C=O) groups is 2. The van der Waals surface area contributed by atoms with Gasteiger partial charge in [-0.25, -0.2) is 9.18 Å². The van der Waals surface area contributed by atoms with Crippen molar-refractivity contribution in [2.24, 2.45) is 0 Å². The van der Waals surface area contributed by atoms with Gasteiger partial charge in [-0.2, -0.15) is 0 Å². The van der Waals surface area contributed by atoms with Gasteiger partial charge in [0.15, 0.2) is 0 Å². The Morgan fingerprint density at radius 2 is 1.35 bits per heavy atom. The third-order valence-corrected chi connectivity index (χ3v) is 5.56. The van der Waals surface area contributed by atoms with E-state index in [9.17, 15) is 14.0 Å². The number of benzene rings is 2. The highest BCUT2D eigenvalue weighted by molar-refractivity contribution is 5.94. The maximum atomic E-state index is 12.7. The van der Waals surface area contributed by atoms with Gasteiger partial charge in [-0.3, -0.25) is 4.79 Å². The van der Waals surface area contributed by atoms with Gasteiger partial charge in [0.25, 0.3) is 5.91 Å². The van der Waals surface area contributed by atoms with E-state index in [1.807, 2.05) is 57.2 Å². The molecular weight excluding hydrogens is 431 g/mol. The molecule has 0 spiro atoms. The third kappa shape index (κ3) is 8.47. The van der Waals surface area contributed by atoms with Crippen molar-refractivity contribution in [1.82, 2.24) is 9.80 Å². The number of halogens is 1. The maximum absolute atomic E-state index is 12.7. The standard InChI is InChI=1S/C19H28N2O3.C9H11F/c1-14(2)15-7-6-8-16(13-15)17(22)20-9-11-21(12-10-20)18(23)24-19(3,4)5;1-7(2)8-3-5-9(10)6-4-8/h6-8,13-14H,9-12H2,1-5H3;3-7H,1-2H3. The van der Waals surface area contributed by atoms with Gasteiger partial charge >= 0.3 is 6.09 Å². The van der Waals surface area contributed by atoms with E-state index in [1.54, 1.807) is 9.80 Å². The van der Waals surface area contributed by atoms with Gasteiger partial charge in [0.2, 0.25) is 0 Å². The van der Waals surface area contributed by atoms with Gasteiger partial charge in [0, 0.05) is 31.7 Å². The first-order valence-corrected chi connectivity index (χ1v) is 12.0. The number of amides is 2. The molecule has 0 aromatic heterocycles. The molecule has 0 unspecified atom stereocenters. The van der Waals surface area contributed by atoms with Crippen LogP contribution in [0.4, 0.5) is 9.18 Å². The number of rotatable bonds is 3. The Kier molecular flexibility index (Phi) is 9.66. The Morgan fingerprint density at radius 1 is 0.824 bits per heavy atom. The molecule has 3 rings (SSSR count). The number of nitrogens with zero attached hydrogens (tertiary/aromatic N) is 2. The Bertz CT molecular complexity index is 941. The molecule has 2 aromatic rings. The van der Waals surface area contributed by atoms with Gasteiger partial charge in [-0.1, -0.05) is 52.0 Å². The van der Waals surface area contributed by atoms with E-state index in [1.165, 1.54) is 17.7 Å². The second-order valence-electron chi connectivity index (χ2n) is 10.2. The number of hydrogen-bond donors (Lipinski definition) is 0. The Hall–Kier alpha value is -2.89. The zero-order chi connectivity index (χ0) is 25.5. The van der Waals surface area contributed by atoms with Crippen LogP contribution in [0.5, 0.6) is 0 Å². The van der Waals surface area contributed by atoms with Crippen molar-refractivity contribution in [2.45, 2.75) is 65.9 Å². The highest BCUT2D eigenvalue weighted by Crippen LogP contribution is 2.18. The fraction of sp³-hybridized carbons (Fsp3) is 0.500. The molecular formula is C28H39FN2O3. The second kappa shape index (κ2) is 12.0. The lowest BCUT2D eigenvalue weighted by Gasteiger charge is -2.35. The van der Waals surface area contributed by atoms with Crippen LogP contribution in [-0.2, 0) is 4.74 Å². The van der Waals surface area contributed by atoms with Crippen LogP contribution in [0.2, 0.25) is 0 Å². The summed E-state index contributed by atoms with van der Waals surface area (Å²) < 4.78 is 17.7. The number of hydrogen-bond acceptors (Lipinski definition) is 3. The number of carbonyl (C=O) groups excluding carboxylic acids is 2. The second-order valence-corrected chi connectivity index (χ2v) is 10.2. The van der Waals surface area contributed by atoms with Crippen molar-refractivity contribution < 1.29 is 18.7 Å². The van der Waals surface area contributed by atoms with Crippen LogP contribution in [0.1, 0.15) is 81.8 Å². The summed E-state index contributed by atoms with van der Waals surface area (Å²) in [5, 5.41) is 0. The van der Waals surface area contributed by atoms with E-state index in [-0.39, 0.29) is 17.8 Å². The molecule has 0 atom stereocenters. The smallest absolute Gasteiger partial charge is 0.410 e. The summed E-state index contributed by atoms with van der Waals surface area (Å²) >= 11 is 0. The van der Waals surface area contributed by atoms with Crippen molar-refractivity contribution >= 4 is 12.0 Å². The van der Waals surface area contributed by atoms with Crippen LogP contribution < -0.4 is 0 Å². The minimum atomic E-state index is -0.499. The third-order valence-electron chi connectivity index (χ3n) is 5.56. The van der Waals surface area contributed by atoms with E-state index in [2.05, 4.69) is 27.7 Å². The molecule has 2 aromatic carbocycles. The van der Waals surface area contributed by atoms with Gasteiger partial charge < -0.3 is 14.5 Å². The van der Waals surface area contributed by atoms with E-state index < -0.39 is 5.60 Å². The van der Waals surface area contributed by atoms with Crippen LogP contribution in [-0.4, -0.2) is 53.6 Å². The van der Waals surface area contributed by atoms with Crippen LogP contribution in [0.15, 0.2) is 48.5 Å². The number of ether oxygens (including phenoxy) is 1. The minimum absolute atomic E-state index is 0.0290. The molecule has 0 aliphatic carbocycles. The molecule has 6 heteroatoms. The van der Waals surface area contributed by atoms with Crippen LogP contribution in [0, 0.1) is 5.82 Å². The predicted octanol–water partition coefficient (Wildman–Crippen LogP) is 6.45. The Balaban J connectivity index is 0.000000340. The molecule has 0 N–H and O–H groups in total. The first kappa shape index (κ1) is 27.4. The topological polar surface area (TPSA) is 49.9 Å². The van der Waals surface area contributed by atoms with Gasteiger partial charge in [-0.05, 0) is 68.0 Å². The lowest BCUT2D eigenvalue weighted by molar-refractivity contribution is 0.0141. The SMILES string of the molecule is CC(C)c1ccc(F)cc1.CC(C)c1cccc(C(=O)N2CCN(C(=O)OC(C)(C)C)CC2)c1. The molecule has 2 amide bonds. The maximum Gasteiger partial charge on any atom is 0.410 e. The van der Waals surface area contributed by atoms with Crippen LogP contribution in [0.25, 0.3) is 0 Å². The molecule has 0 bridgehead atoms. The molecule has 34 heavy (non-hydrogen) atoms. The van der Waals surface area contributed by atoms with Gasteiger partial charge in [0.1, 0.15) is 11.4 Å². The molecule has 5 nitrogen and oxygen atoms in total. The van der Waals surface area contributed by atoms with Crippen molar-refractivity contribution in [2.75, 3.05) is 26.2 Å². The lowest BCUT2D eigenvalue weighted by Crippen LogP contribution is -2.51. The molecule has 1 saturated heterocycles. The lowest BCUT2D eigenvalue weighted by atomic mass is 10.0. The van der Waals surface area contributed by atoms with Crippen LogP contribution in [0.3, 0.4) is 0 Å². The highest BCUT2D eigenvalue weighted by atomic mass is 19.1. The van der Waals surface area contributed by atoms with Crippen molar-refractivity contribution in [3.63, 3.8) is 0 Å². The predicted molar refractivity (Wildman–Crippen MR) is 135 cm³/mol. The summed E-state index contributed by atoms with van der Waals surface area (Å²) in [6.45, 7) is 16.0. The fourth-order valence-corrected chi connectivity index (χ4v) is 3.48. The van der Waals surface area contributed by atoms with Crippen molar-refractivity contribution in [1.29, 1.82) is 0 Å². The number of piperazine rings is 1. The molecule has 1 aliphatic heterocycles. The van der Waals surface area contributed by atoms with Crippen molar-refractivity contribution in [3.05, 3.63) is 71.0 Å². The first-order chi connectivity index (χ1) is 15.9. The molecule has 1 aliphatic rings. The zero-order valence-electron chi connectivity index (χ0n) is 21.6. The summed E-state index contributed by atoms with van der Waals surface area (Å²) in [5.41, 5.74) is 2.56. The fourth-order valence-electron chi connectivity index (χ4n) is 3.48. The van der Waals surface area contributed by atoms with Gasteiger partial charge in [-0.15, -0.1) is 0 Å². The minimum Gasteiger partial charge on any atom is -0.444 e. The summed E-state index contributed by atoms with van der Waals surface area (Å²) in [5.74, 6) is 0.744. The normalized spacial score (nSPS) is 14.1. The summed E-state index contributed by atoms with van der Waals surface area (Å²) in [6, 6.07) is 14.4. The average molecular weight is 471 g/mol. The van der Waals surface area contributed by atoms with E-state index in [4.69, 9.17) is 4.74 Å². The Labute approximate surface area is 203 Å². The molecule has 1 fully saturated rings. The van der Waals surface area contributed by atoms with Crippen LogP contribution >= 0.6 is 0 Å². The highest BCUT2D eigenvalue weighted by Gasteiger charge is 2.28. The monoisotopic (exact) mass is 470 g/mol. The molecule has 1 heterocycles. The van der Waals surface area contributed by atoms with Crippen molar-refractivity contribution in [3.8, 4) is 0 Å². The largest absolute Gasteiger partial charge is 0.444 e. The van der Waals surface area contributed by atoms with E-state index >= 15 is 0 Å². The average Bonchev–Trinajstić information content (AvgIpc) is 2.78. The Morgan fingerprint density at radius 3 is 1.85 bits per heavy atom. The molecule has 0 radical (unpaired) electrons. The summed E-state index contributed by atoms with van der Waals surface area (Å²) in [7, 11) is 0. The summed E-state index contributed by atoms with van der Waals surface area (Å²) in [6.07, 6.45) is -0.309. The summed E-state index contributed by atoms with van der Waals surface area (Å²) in [4.78, 5) is 28.2. The quantitative estimate of drug-likeness (QED) is 0.518. The van der Waals surface area contributed by atoms with E-state index in [0.29, 0.717) is 43.6 Å². The van der Waals surface area contributed by atoms with Gasteiger partial charge in [0.05, 0.1) is 0 Å².